The molecule has 5 heteroatoms. The molecular weight excluding hydrogens is 244 g/mol. The summed E-state index contributed by atoms with van der Waals surface area (Å²) in [6.45, 7) is 3.42. The molecule has 0 aromatic heterocycles. The van der Waals surface area contributed by atoms with E-state index in [1.807, 2.05) is 24.3 Å². The lowest BCUT2D eigenvalue weighted by atomic mass is 9.99. The molecule has 1 amide bonds. The van der Waals surface area contributed by atoms with Gasteiger partial charge in [0.05, 0.1) is 6.42 Å². The van der Waals surface area contributed by atoms with Crippen LogP contribution in [0.25, 0.3) is 0 Å². The summed E-state index contributed by atoms with van der Waals surface area (Å²) in [6.07, 6.45) is 0.531. The first kappa shape index (κ1) is 13.4. The van der Waals surface area contributed by atoms with Gasteiger partial charge in [0.25, 0.3) is 0 Å². The molecule has 1 aromatic rings. The molecule has 0 saturated carbocycles. The minimum absolute atomic E-state index is 0.0988. The summed E-state index contributed by atoms with van der Waals surface area (Å²) in [5.41, 5.74) is 1.33. The van der Waals surface area contributed by atoms with Gasteiger partial charge in [-0.05, 0) is 25.5 Å². The number of carbonyl (C=O) groups excluding carboxylic acids is 1. The van der Waals surface area contributed by atoms with Crippen LogP contribution in [0, 0.1) is 0 Å². The third kappa shape index (κ3) is 3.24. The van der Waals surface area contributed by atoms with Gasteiger partial charge in [0, 0.05) is 17.6 Å². The van der Waals surface area contributed by atoms with E-state index in [9.17, 15) is 9.59 Å². The van der Waals surface area contributed by atoms with Crippen LogP contribution in [-0.4, -0.2) is 28.6 Å². The monoisotopic (exact) mass is 262 g/mol. The maximum Gasteiger partial charge on any atom is 0.305 e. The van der Waals surface area contributed by atoms with Gasteiger partial charge in [-0.15, -0.1) is 0 Å². The molecule has 0 spiro atoms. The zero-order valence-electron chi connectivity index (χ0n) is 11.1. The van der Waals surface area contributed by atoms with E-state index in [4.69, 9.17) is 5.11 Å². The van der Waals surface area contributed by atoms with Crippen LogP contribution in [0.4, 0.5) is 5.69 Å². The summed E-state index contributed by atoms with van der Waals surface area (Å²) in [6, 6.07) is 7.45. The van der Waals surface area contributed by atoms with Crippen molar-refractivity contribution in [1.82, 2.24) is 5.32 Å². The molecule has 19 heavy (non-hydrogen) atoms. The number of carbonyl (C=O) groups is 2. The summed E-state index contributed by atoms with van der Waals surface area (Å²) in [4.78, 5) is 22.9. The molecule has 102 valence electrons. The molecule has 5 nitrogen and oxygen atoms in total. The number of benzene rings is 1. The third-order valence-electron chi connectivity index (χ3n) is 3.14. The molecular formula is C14H18N2O3. The Labute approximate surface area is 112 Å². The highest BCUT2D eigenvalue weighted by molar-refractivity contribution is 5.88. The first-order valence-electron chi connectivity index (χ1n) is 6.26. The Balaban J connectivity index is 1.98. The first-order valence-corrected chi connectivity index (χ1v) is 6.26. The molecule has 1 aromatic carbocycles. The minimum atomic E-state index is -0.923. The number of carboxylic acids is 1. The summed E-state index contributed by atoms with van der Waals surface area (Å²) in [5, 5.41) is 14.7. The first-order chi connectivity index (χ1) is 8.87. The summed E-state index contributed by atoms with van der Waals surface area (Å²) in [7, 11) is 0. The van der Waals surface area contributed by atoms with E-state index in [2.05, 4.69) is 10.6 Å². The van der Waals surface area contributed by atoms with Gasteiger partial charge in [-0.3, -0.25) is 9.59 Å². The van der Waals surface area contributed by atoms with E-state index in [0.29, 0.717) is 6.42 Å². The van der Waals surface area contributed by atoms with Crippen molar-refractivity contribution in [3.63, 3.8) is 0 Å². The highest BCUT2D eigenvalue weighted by Crippen LogP contribution is 2.25. The van der Waals surface area contributed by atoms with Crippen LogP contribution in [0.1, 0.15) is 25.8 Å². The van der Waals surface area contributed by atoms with Crippen LogP contribution in [-0.2, 0) is 16.0 Å². The lowest BCUT2D eigenvalue weighted by Crippen LogP contribution is -2.50. The van der Waals surface area contributed by atoms with Gasteiger partial charge in [-0.1, -0.05) is 18.2 Å². The van der Waals surface area contributed by atoms with Crippen molar-refractivity contribution in [2.24, 2.45) is 0 Å². The Morgan fingerprint density at radius 2 is 2.11 bits per heavy atom. The molecule has 0 radical (unpaired) electrons. The Morgan fingerprint density at radius 1 is 1.42 bits per heavy atom. The fraction of sp³-hybridized carbons (Fsp3) is 0.429. The molecule has 1 atom stereocenters. The van der Waals surface area contributed by atoms with Gasteiger partial charge in [0.1, 0.15) is 6.04 Å². The highest BCUT2D eigenvalue weighted by Gasteiger charge is 2.31. The number of aliphatic carboxylic acids is 1. The van der Waals surface area contributed by atoms with Crippen LogP contribution >= 0.6 is 0 Å². The summed E-state index contributed by atoms with van der Waals surface area (Å²) < 4.78 is 0. The number of amides is 1. The maximum absolute atomic E-state index is 12.1. The third-order valence-corrected chi connectivity index (χ3v) is 3.14. The predicted octanol–water partition coefficient (Wildman–Crippen LogP) is 1.39. The highest BCUT2D eigenvalue weighted by atomic mass is 16.4. The average molecular weight is 262 g/mol. The Bertz CT molecular complexity index is 486. The molecule has 3 N–H and O–H groups in total. The smallest absolute Gasteiger partial charge is 0.305 e. The average Bonchev–Trinajstić information content (AvgIpc) is 2.69. The molecule has 0 aliphatic carbocycles. The molecule has 0 fully saturated rings. The second kappa shape index (κ2) is 4.91. The molecule has 1 heterocycles. The second-order valence-electron chi connectivity index (χ2n) is 5.50. The SMILES string of the molecule is CC(C)(CC(=O)O)NC(=O)[C@@H]1Cc2ccccc2N1. The van der Waals surface area contributed by atoms with Crippen molar-refractivity contribution in [3.8, 4) is 0 Å². The van der Waals surface area contributed by atoms with E-state index in [0.717, 1.165) is 11.3 Å². The van der Waals surface area contributed by atoms with Crippen molar-refractivity contribution in [1.29, 1.82) is 0 Å². The van der Waals surface area contributed by atoms with Crippen molar-refractivity contribution >= 4 is 17.6 Å². The molecule has 0 bridgehead atoms. The van der Waals surface area contributed by atoms with E-state index in [-0.39, 0.29) is 18.4 Å². The summed E-state index contributed by atoms with van der Waals surface area (Å²) in [5.74, 6) is -1.09. The number of rotatable bonds is 4. The Kier molecular flexibility index (Phi) is 3.46. The predicted molar refractivity (Wildman–Crippen MR) is 72.0 cm³/mol. The zero-order valence-corrected chi connectivity index (χ0v) is 11.1. The van der Waals surface area contributed by atoms with Crippen molar-refractivity contribution < 1.29 is 14.7 Å². The number of para-hydroxylation sites is 1. The Hall–Kier alpha value is -2.04. The zero-order chi connectivity index (χ0) is 14.0. The fourth-order valence-corrected chi connectivity index (χ4v) is 2.30. The number of nitrogens with one attached hydrogen (secondary N) is 2. The van der Waals surface area contributed by atoms with Gasteiger partial charge in [0.2, 0.25) is 5.91 Å². The number of hydrogen-bond acceptors (Lipinski definition) is 3. The van der Waals surface area contributed by atoms with Gasteiger partial charge in [0.15, 0.2) is 0 Å². The minimum Gasteiger partial charge on any atom is -0.481 e. The largest absolute Gasteiger partial charge is 0.481 e. The van der Waals surface area contributed by atoms with Crippen molar-refractivity contribution in [2.75, 3.05) is 5.32 Å². The second-order valence-corrected chi connectivity index (χ2v) is 5.50. The molecule has 0 unspecified atom stereocenters. The van der Waals surface area contributed by atoms with Crippen LogP contribution in [0.5, 0.6) is 0 Å². The lowest BCUT2D eigenvalue weighted by Gasteiger charge is -2.26. The van der Waals surface area contributed by atoms with Crippen molar-refractivity contribution in [3.05, 3.63) is 29.8 Å². The number of fused-ring (bicyclic) bond motifs is 1. The van der Waals surface area contributed by atoms with E-state index < -0.39 is 11.5 Å². The van der Waals surface area contributed by atoms with Gasteiger partial charge >= 0.3 is 5.97 Å². The normalized spacial score (nSPS) is 17.5. The molecule has 1 aliphatic rings. The van der Waals surface area contributed by atoms with Crippen LogP contribution in [0.3, 0.4) is 0 Å². The number of carboxylic acid groups (broad SMARTS) is 1. The number of anilines is 1. The van der Waals surface area contributed by atoms with Gasteiger partial charge in [-0.25, -0.2) is 0 Å². The summed E-state index contributed by atoms with van der Waals surface area (Å²) >= 11 is 0. The van der Waals surface area contributed by atoms with Gasteiger partial charge in [-0.2, -0.15) is 0 Å². The fourth-order valence-electron chi connectivity index (χ4n) is 2.30. The van der Waals surface area contributed by atoms with Crippen LogP contribution in [0.15, 0.2) is 24.3 Å². The van der Waals surface area contributed by atoms with E-state index >= 15 is 0 Å². The lowest BCUT2D eigenvalue weighted by molar-refractivity contribution is -0.138. The maximum atomic E-state index is 12.1. The number of hydrogen-bond donors (Lipinski definition) is 3. The molecule has 2 rings (SSSR count). The molecule has 1 aliphatic heterocycles. The van der Waals surface area contributed by atoms with E-state index in [1.165, 1.54) is 0 Å². The van der Waals surface area contributed by atoms with Crippen LogP contribution < -0.4 is 10.6 Å². The Morgan fingerprint density at radius 3 is 2.74 bits per heavy atom. The van der Waals surface area contributed by atoms with E-state index in [1.54, 1.807) is 13.8 Å². The molecule has 0 saturated heterocycles. The quantitative estimate of drug-likeness (QED) is 0.766. The van der Waals surface area contributed by atoms with Gasteiger partial charge < -0.3 is 15.7 Å². The standard InChI is InChI=1S/C14H18N2O3/c1-14(2,8-12(17)18)16-13(19)11-7-9-5-3-4-6-10(9)15-11/h3-6,11,15H,7-8H2,1-2H3,(H,16,19)(H,17,18)/t11-/m0/s1. The topological polar surface area (TPSA) is 78.4 Å². The van der Waals surface area contributed by atoms with Crippen molar-refractivity contribution in [2.45, 2.75) is 38.3 Å². The van der Waals surface area contributed by atoms with Crippen LogP contribution in [0.2, 0.25) is 0 Å².